The summed E-state index contributed by atoms with van der Waals surface area (Å²) in [5.41, 5.74) is 3.11. The Morgan fingerprint density at radius 2 is 1.90 bits per heavy atom. The molecule has 0 radical (unpaired) electrons. The van der Waals surface area contributed by atoms with Gasteiger partial charge in [-0.1, -0.05) is 15.9 Å². The van der Waals surface area contributed by atoms with Crippen LogP contribution in [0.15, 0.2) is 22.7 Å². The van der Waals surface area contributed by atoms with Crippen LogP contribution in [0.25, 0.3) is 0 Å². The molecule has 21 heavy (non-hydrogen) atoms. The van der Waals surface area contributed by atoms with Crippen LogP contribution in [0.5, 0.6) is 0 Å². The standard InChI is InChI=1S/C15H16BrN3O2/c1-8-7-11(16)5-6-12(8)17-15(21)14(20)13-9(2)18-19(4)10(13)3/h5-7H,1-4H3,(H,17,21). The minimum atomic E-state index is -0.653. The highest BCUT2D eigenvalue weighted by molar-refractivity contribution is 9.10. The Labute approximate surface area is 131 Å². The van der Waals surface area contributed by atoms with Gasteiger partial charge in [-0.15, -0.1) is 0 Å². The molecule has 0 unspecified atom stereocenters. The number of anilines is 1. The van der Waals surface area contributed by atoms with E-state index < -0.39 is 11.7 Å². The first-order valence-electron chi connectivity index (χ1n) is 6.43. The summed E-state index contributed by atoms with van der Waals surface area (Å²) in [6.45, 7) is 5.36. The van der Waals surface area contributed by atoms with Crippen LogP contribution in [-0.4, -0.2) is 21.5 Å². The molecule has 5 nitrogen and oxygen atoms in total. The first kappa shape index (κ1) is 15.4. The monoisotopic (exact) mass is 349 g/mol. The largest absolute Gasteiger partial charge is 0.319 e. The molecule has 6 heteroatoms. The van der Waals surface area contributed by atoms with Crippen molar-refractivity contribution >= 4 is 33.3 Å². The van der Waals surface area contributed by atoms with Gasteiger partial charge in [-0.3, -0.25) is 14.3 Å². The van der Waals surface area contributed by atoms with Crippen molar-refractivity contribution in [2.75, 3.05) is 5.32 Å². The van der Waals surface area contributed by atoms with Crippen molar-refractivity contribution in [3.8, 4) is 0 Å². The Morgan fingerprint density at radius 1 is 1.24 bits per heavy atom. The van der Waals surface area contributed by atoms with E-state index >= 15 is 0 Å². The third-order valence-electron chi connectivity index (χ3n) is 3.38. The van der Waals surface area contributed by atoms with Gasteiger partial charge in [0.2, 0.25) is 0 Å². The summed E-state index contributed by atoms with van der Waals surface area (Å²) < 4.78 is 2.52. The van der Waals surface area contributed by atoms with Crippen molar-refractivity contribution < 1.29 is 9.59 Å². The first-order chi connectivity index (χ1) is 9.81. The number of rotatable bonds is 3. The van der Waals surface area contributed by atoms with Gasteiger partial charge in [-0.2, -0.15) is 5.10 Å². The van der Waals surface area contributed by atoms with E-state index in [4.69, 9.17) is 0 Å². The molecule has 1 aromatic heterocycles. The molecule has 110 valence electrons. The van der Waals surface area contributed by atoms with Crippen LogP contribution in [0.2, 0.25) is 0 Å². The fourth-order valence-corrected chi connectivity index (χ4v) is 2.64. The number of aromatic nitrogens is 2. The SMILES string of the molecule is Cc1cc(Br)ccc1NC(=O)C(=O)c1c(C)nn(C)c1C. The number of hydrogen-bond acceptors (Lipinski definition) is 3. The van der Waals surface area contributed by atoms with Gasteiger partial charge in [-0.25, -0.2) is 0 Å². The highest BCUT2D eigenvalue weighted by Gasteiger charge is 2.24. The molecule has 0 aliphatic heterocycles. The van der Waals surface area contributed by atoms with Crippen LogP contribution in [0.1, 0.15) is 27.3 Å². The lowest BCUT2D eigenvalue weighted by molar-refractivity contribution is -0.112. The quantitative estimate of drug-likeness (QED) is 0.684. The lowest BCUT2D eigenvalue weighted by atomic mass is 10.1. The number of hydrogen-bond donors (Lipinski definition) is 1. The molecule has 0 saturated carbocycles. The van der Waals surface area contributed by atoms with Crippen LogP contribution >= 0.6 is 15.9 Å². The summed E-state index contributed by atoms with van der Waals surface area (Å²) >= 11 is 3.36. The highest BCUT2D eigenvalue weighted by Crippen LogP contribution is 2.21. The molecule has 0 fully saturated rings. The smallest absolute Gasteiger partial charge is 0.296 e. The number of nitrogens with zero attached hydrogens (tertiary/aromatic N) is 2. The summed E-state index contributed by atoms with van der Waals surface area (Å²) in [5.74, 6) is -1.22. The van der Waals surface area contributed by atoms with E-state index in [1.54, 1.807) is 31.6 Å². The molecule has 1 amide bonds. The maximum atomic E-state index is 12.3. The van der Waals surface area contributed by atoms with E-state index in [1.165, 1.54) is 0 Å². The number of halogens is 1. The predicted octanol–water partition coefficient (Wildman–Crippen LogP) is 2.93. The Hall–Kier alpha value is -1.95. The fraction of sp³-hybridized carbons (Fsp3) is 0.267. The van der Waals surface area contributed by atoms with Crippen molar-refractivity contribution in [2.24, 2.45) is 7.05 Å². The van der Waals surface area contributed by atoms with Gasteiger partial charge >= 0.3 is 0 Å². The molecule has 0 bridgehead atoms. The molecule has 1 N–H and O–H groups in total. The van der Waals surface area contributed by atoms with E-state index in [-0.39, 0.29) is 0 Å². The van der Waals surface area contributed by atoms with Gasteiger partial charge in [0.15, 0.2) is 0 Å². The number of benzene rings is 1. The van der Waals surface area contributed by atoms with E-state index in [1.807, 2.05) is 19.1 Å². The number of aryl methyl sites for hydroxylation is 3. The highest BCUT2D eigenvalue weighted by atomic mass is 79.9. The molecule has 1 heterocycles. The van der Waals surface area contributed by atoms with E-state index in [2.05, 4.69) is 26.3 Å². The Bertz CT molecular complexity index is 735. The van der Waals surface area contributed by atoms with Crippen molar-refractivity contribution in [3.05, 3.63) is 45.2 Å². The Balaban J connectivity index is 2.26. The molecule has 0 atom stereocenters. The zero-order valence-corrected chi connectivity index (χ0v) is 13.9. The number of nitrogens with one attached hydrogen (secondary N) is 1. The summed E-state index contributed by atoms with van der Waals surface area (Å²) in [5, 5.41) is 6.81. The Morgan fingerprint density at radius 3 is 2.43 bits per heavy atom. The zero-order chi connectivity index (χ0) is 15.7. The molecule has 0 aliphatic rings. The number of amides is 1. The molecule has 0 saturated heterocycles. The maximum Gasteiger partial charge on any atom is 0.296 e. The van der Waals surface area contributed by atoms with Gasteiger partial charge in [0.05, 0.1) is 11.3 Å². The molecule has 2 rings (SSSR count). The molecule has 1 aromatic carbocycles. The second kappa shape index (κ2) is 5.81. The van der Waals surface area contributed by atoms with Gasteiger partial charge < -0.3 is 5.32 Å². The summed E-state index contributed by atoms with van der Waals surface area (Å²) in [7, 11) is 1.75. The van der Waals surface area contributed by atoms with Gasteiger partial charge in [0, 0.05) is 22.9 Å². The molecular weight excluding hydrogens is 334 g/mol. The van der Waals surface area contributed by atoms with E-state index in [0.29, 0.717) is 22.6 Å². The minimum Gasteiger partial charge on any atom is -0.319 e. The van der Waals surface area contributed by atoms with Crippen molar-refractivity contribution in [3.63, 3.8) is 0 Å². The van der Waals surface area contributed by atoms with Crippen molar-refractivity contribution in [1.82, 2.24) is 9.78 Å². The lowest BCUT2D eigenvalue weighted by Gasteiger charge is -2.08. The molecule has 2 aromatic rings. The van der Waals surface area contributed by atoms with Crippen LogP contribution in [0.3, 0.4) is 0 Å². The van der Waals surface area contributed by atoms with Crippen LogP contribution in [-0.2, 0) is 11.8 Å². The van der Waals surface area contributed by atoms with Gasteiger partial charge in [0.1, 0.15) is 0 Å². The fourth-order valence-electron chi connectivity index (χ4n) is 2.16. The minimum absolute atomic E-state index is 0.366. The first-order valence-corrected chi connectivity index (χ1v) is 7.22. The molecule has 0 spiro atoms. The topological polar surface area (TPSA) is 64.0 Å². The maximum absolute atomic E-state index is 12.3. The third-order valence-corrected chi connectivity index (χ3v) is 3.87. The number of carbonyl (C=O) groups is 2. The molecular formula is C15H16BrN3O2. The number of ketones is 1. The summed E-state index contributed by atoms with van der Waals surface area (Å²) in [6.07, 6.45) is 0. The van der Waals surface area contributed by atoms with Crippen LogP contribution in [0.4, 0.5) is 5.69 Å². The van der Waals surface area contributed by atoms with E-state index in [9.17, 15) is 9.59 Å². The summed E-state index contributed by atoms with van der Waals surface area (Å²) in [6, 6.07) is 5.45. The number of carbonyl (C=O) groups excluding carboxylic acids is 2. The third kappa shape index (κ3) is 3.05. The average Bonchev–Trinajstić information content (AvgIpc) is 2.66. The second-order valence-corrected chi connectivity index (χ2v) is 5.83. The Kier molecular flexibility index (Phi) is 4.27. The van der Waals surface area contributed by atoms with Crippen molar-refractivity contribution in [1.29, 1.82) is 0 Å². The van der Waals surface area contributed by atoms with Crippen LogP contribution in [0, 0.1) is 20.8 Å². The number of Topliss-reactive ketones (excluding diaryl/α,β-unsaturated/α-hetero) is 1. The van der Waals surface area contributed by atoms with Crippen LogP contribution < -0.4 is 5.32 Å². The zero-order valence-electron chi connectivity index (χ0n) is 12.3. The summed E-state index contributed by atoms with van der Waals surface area (Å²) in [4.78, 5) is 24.5. The predicted molar refractivity (Wildman–Crippen MR) is 84.5 cm³/mol. The second-order valence-electron chi connectivity index (χ2n) is 4.91. The van der Waals surface area contributed by atoms with Gasteiger partial charge in [0.25, 0.3) is 11.7 Å². The van der Waals surface area contributed by atoms with E-state index in [0.717, 1.165) is 10.0 Å². The lowest BCUT2D eigenvalue weighted by Crippen LogP contribution is -2.24. The molecule has 0 aliphatic carbocycles. The normalized spacial score (nSPS) is 10.5. The van der Waals surface area contributed by atoms with Gasteiger partial charge in [-0.05, 0) is 44.5 Å². The average molecular weight is 350 g/mol. The van der Waals surface area contributed by atoms with Crippen molar-refractivity contribution in [2.45, 2.75) is 20.8 Å².